The molecule has 3 nitrogen and oxygen atoms in total. The van der Waals surface area contributed by atoms with Crippen LogP contribution in [0.2, 0.25) is 0 Å². The molecule has 2 unspecified atom stereocenters. The molecule has 114 valence electrons. The largest absolute Gasteiger partial charge is 0.377 e. The number of hydrogen-bond acceptors (Lipinski definition) is 4. The van der Waals surface area contributed by atoms with E-state index in [1.807, 2.05) is 25.1 Å². The number of thiazole rings is 1. The highest BCUT2D eigenvalue weighted by molar-refractivity contribution is 7.09. The number of rotatable bonds is 7. The standard InChI is InChI=1S/C17H24N2OS/c1-4-20-17(12(2)3)14(18)10-16-19-15(11-21-16)13-8-6-5-7-9-13/h5-9,11-12,14,17H,4,10,18H2,1-3H3. The van der Waals surface area contributed by atoms with E-state index in [0.717, 1.165) is 22.7 Å². The maximum absolute atomic E-state index is 6.33. The van der Waals surface area contributed by atoms with Crippen LogP contribution in [0.4, 0.5) is 0 Å². The van der Waals surface area contributed by atoms with E-state index in [9.17, 15) is 0 Å². The second kappa shape index (κ2) is 7.69. The zero-order valence-corrected chi connectivity index (χ0v) is 13.8. The summed E-state index contributed by atoms with van der Waals surface area (Å²) in [5, 5.41) is 3.18. The maximum atomic E-state index is 6.33. The molecule has 2 atom stereocenters. The highest BCUT2D eigenvalue weighted by atomic mass is 32.1. The van der Waals surface area contributed by atoms with E-state index in [-0.39, 0.29) is 12.1 Å². The van der Waals surface area contributed by atoms with Crippen LogP contribution in [0.15, 0.2) is 35.7 Å². The highest BCUT2D eigenvalue weighted by Crippen LogP contribution is 2.23. The van der Waals surface area contributed by atoms with Crippen molar-refractivity contribution < 1.29 is 4.74 Å². The molecule has 0 spiro atoms. The molecule has 2 N–H and O–H groups in total. The minimum absolute atomic E-state index is 0.0141. The van der Waals surface area contributed by atoms with E-state index in [4.69, 9.17) is 15.5 Å². The van der Waals surface area contributed by atoms with Gasteiger partial charge in [-0.1, -0.05) is 44.2 Å². The Balaban J connectivity index is 2.05. The highest BCUT2D eigenvalue weighted by Gasteiger charge is 2.23. The number of benzene rings is 1. The van der Waals surface area contributed by atoms with Gasteiger partial charge in [-0.15, -0.1) is 11.3 Å². The Kier molecular flexibility index (Phi) is 5.91. The summed E-state index contributed by atoms with van der Waals surface area (Å²) in [5.74, 6) is 0.411. The third-order valence-electron chi connectivity index (χ3n) is 3.47. The molecule has 0 amide bonds. The number of aromatic nitrogens is 1. The third kappa shape index (κ3) is 4.37. The van der Waals surface area contributed by atoms with Crippen LogP contribution in [-0.2, 0) is 11.2 Å². The molecule has 1 aromatic carbocycles. The van der Waals surface area contributed by atoms with E-state index in [1.54, 1.807) is 11.3 Å². The van der Waals surface area contributed by atoms with Crippen molar-refractivity contribution in [2.75, 3.05) is 6.61 Å². The Morgan fingerprint density at radius 1 is 1.24 bits per heavy atom. The van der Waals surface area contributed by atoms with Gasteiger partial charge in [-0.05, 0) is 12.8 Å². The summed E-state index contributed by atoms with van der Waals surface area (Å²) in [5.41, 5.74) is 8.51. The molecule has 0 aliphatic heterocycles. The number of nitrogens with zero attached hydrogens (tertiary/aromatic N) is 1. The predicted octanol–water partition coefficient (Wildman–Crippen LogP) is 3.74. The molecule has 0 bridgehead atoms. The Hall–Kier alpha value is -1.23. The van der Waals surface area contributed by atoms with E-state index in [1.165, 1.54) is 0 Å². The second-order valence-corrected chi connectivity index (χ2v) is 6.47. The van der Waals surface area contributed by atoms with E-state index in [0.29, 0.717) is 12.5 Å². The van der Waals surface area contributed by atoms with Crippen LogP contribution in [-0.4, -0.2) is 23.7 Å². The van der Waals surface area contributed by atoms with Crippen molar-refractivity contribution in [3.63, 3.8) is 0 Å². The maximum Gasteiger partial charge on any atom is 0.0949 e. The van der Waals surface area contributed by atoms with Gasteiger partial charge in [0.25, 0.3) is 0 Å². The molecule has 0 saturated carbocycles. The Morgan fingerprint density at radius 3 is 2.57 bits per heavy atom. The molecular formula is C17H24N2OS. The smallest absolute Gasteiger partial charge is 0.0949 e. The minimum Gasteiger partial charge on any atom is -0.377 e. The first kappa shape index (κ1) is 16.1. The fourth-order valence-corrected chi connectivity index (χ4v) is 3.34. The van der Waals surface area contributed by atoms with Crippen LogP contribution in [0.1, 0.15) is 25.8 Å². The number of nitrogens with two attached hydrogens (primary N) is 1. The van der Waals surface area contributed by atoms with Gasteiger partial charge in [0, 0.05) is 30.0 Å². The first-order valence-electron chi connectivity index (χ1n) is 7.48. The molecule has 2 rings (SSSR count). The van der Waals surface area contributed by atoms with E-state index in [2.05, 4.69) is 31.4 Å². The summed E-state index contributed by atoms with van der Waals surface area (Å²) in [4.78, 5) is 4.71. The number of ether oxygens (including phenoxy) is 1. The topological polar surface area (TPSA) is 48.1 Å². The molecule has 2 aromatic rings. The average Bonchev–Trinajstić information content (AvgIpc) is 2.93. The quantitative estimate of drug-likeness (QED) is 0.847. The molecule has 0 saturated heterocycles. The third-order valence-corrected chi connectivity index (χ3v) is 4.34. The predicted molar refractivity (Wildman–Crippen MR) is 89.5 cm³/mol. The molecule has 0 aliphatic rings. The van der Waals surface area contributed by atoms with Gasteiger partial charge in [-0.25, -0.2) is 4.98 Å². The van der Waals surface area contributed by atoms with Gasteiger partial charge in [-0.3, -0.25) is 0 Å². The summed E-state index contributed by atoms with van der Waals surface area (Å²) < 4.78 is 5.78. The normalized spacial score (nSPS) is 14.3. The molecule has 0 fully saturated rings. The molecule has 0 radical (unpaired) electrons. The van der Waals surface area contributed by atoms with Crippen LogP contribution in [0.25, 0.3) is 11.3 Å². The van der Waals surface area contributed by atoms with Crippen molar-refractivity contribution in [2.24, 2.45) is 11.7 Å². The lowest BCUT2D eigenvalue weighted by Crippen LogP contribution is -2.42. The SMILES string of the molecule is CCOC(C(C)C)C(N)Cc1nc(-c2ccccc2)cs1. The molecule has 0 aliphatic carbocycles. The zero-order chi connectivity index (χ0) is 15.2. The van der Waals surface area contributed by atoms with Gasteiger partial charge in [0.2, 0.25) is 0 Å². The average molecular weight is 304 g/mol. The van der Waals surface area contributed by atoms with Crippen molar-refractivity contribution in [1.82, 2.24) is 4.98 Å². The Bertz CT molecular complexity index is 539. The van der Waals surface area contributed by atoms with Crippen LogP contribution < -0.4 is 5.73 Å². The van der Waals surface area contributed by atoms with Gasteiger partial charge in [0.1, 0.15) is 0 Å². The summed E-state index contributed by atoms with van der Waals surface area (Å²) in [7, 11) is 0. The lowest BCUT2D eigenvalue weighted by atomic mass is 9.98. The van der Waals surface area contributed by atoms with Crippen molar-refractivity contribution >= 4 is 11.3 Å². The van der Waals surface area contributed by atoms with Gasteiger partial charge in [0.15, 0.2) is 0 Å². The van der Waals surface area contributed by atoms with Gasteiger partial charge >= 0.3 is 0 Å². The van der Waals surface area contributed by atoms with Crippen molar-refractivity contribution in [3.8, 4) is 11.3 Å². The Morgan fingerprint density at radius 2 is 1.95 bits per heavy atom. The van der Waals surface area contributed by atoms with Crippen LogP contribution in [0.5, 0.6) is 0 Å². The first-order valence-corrected chi connectivity index (χ1v) is 8.36. The molecule has 21 heavy (non-hydrogen) atoms. The summed E-state index contributed by atoms with van der Waals surface area (Å²) in [6.07, 6.45) is 0.847. The monoisotopic (exact) mass is 304 g/mol. The van der Waals surface area contributed by atoms with Gasteiger partial charge in [-0.2, -0.15) is 0 Å². The molecule has 1 aromatic heterocycles. The van der Waals surface area contributed by atoms with Crippen LogP contribution in [0, 0.1) is 5.92 Å². The van der Waals surface area contributed by atoms with Crippen molar-refractivity contribution in [1.29, 1.82) is 0 Å². The zero-order valence-electron chi connectivity index (χ0n) is 13.0. The van der Waals surface area contributed by atoms with E-state index < -0.39 is 0 Å². The van der Waals surface area contributed by atoms with Gasteiger partial charge < -0.3 is 10.5 Å². The minimum atomic E-state index is -0.0141. The fraction of sp³-hybridized carbons (Fsp3) is 0.471. The van der Waals surface area contributed by atoms with Crippen LogP contribution in [0.3, 0.4) is 0 Å². The Labute approximate surface area is 131 Å². The summed E-state index contributed by atoms with van der Waals surface area (Å²) in [6, 6.07) is 10.2. The molecular weight excluding hydrogens is 280 g/mol. The molecule has 1 heterocycles. The lowest BCUT2D eigenvalue weighted by molar-refractivity contribution is 0.0127. The summed E-state index contributed by atoms with van der Waals surface area (Å²) >= 11 is 1.67. The fourth-order valence-electron chi connectivity index (χ4n) is 2.47. The van der Waals surface area contributed by atoms with Crippen molar-refractivity contribution in [3.05, 3.63) is 40.7 Å². The first-order chi connectivity index (χ1) is 10.1. The molecule has 4 heteroatoms. The van der Waals surface area contributed by atoms with Crippen molar-refractivity contribution in [2.45, 2.75) is 39.3 Å². The van der Waals surface area contributed by atoms with E-state index >= 15 is 0 Å². The van der Waals surface area contributed by atoms with Crippen LogP contribution >= 0.6 is 11.3 Å². The summed E-state index contributed by atoms with van der Waals surface area (Å²) in [6.45, 7) is 7.01. The lowest BCUT2D eigenvalue weighted by Gasteiger charge is -2.26. The number of hydrogen-bond donors (Lipinski definition) is 1. The van der Waals surface area contributed by atoms with Gasteiger partial charge in [0.05, 0.1) is 16.8 Å². The second-order valence-electron chi connectivity index (χ2n) is 5.52.